The summed E-state index contributed by atoms with van der Waals surface area (Å²) in [6.45, 7) is 0.0859. The Morgan fingerprint density at radius 3 is 1.92 bits per heavy atom. The fourth-order valence-corrected chi connectivity index (χ4v) is 5.14. The zero-order chi connectivity index (χ0) is 25.9. The molecule has 5 rings (SSSR count). The van der Waals surface area contributed by atoms with Crippen LogP contribution in [-0.4, -0.2) is 53.6 Å². The number of ether oxygens (including phenoxy) is 1. The largest absolute Gasteiger partial charge is 0.449 e. The molecule has 2 aliphatic rings. The molecule has 0 aromatic heterocycles. The molecule has 0 bridgehead atoms. The molecular weight excluding hydrogens is 492 g/mol. The fraction of sp³-hybridized carbons (Fsp3) is 0.214. The van der Waals surface area contributed by atoms with Gasteiger partial charge in [0, 0.05) is 5.92 Å². The minimum Gasteiger partial charge on any atom is -0.449 e. The van der Waals surface area contributed by atoms with Crippen LogP contribution in [0.3, 0.4) is 0 Å². The number of amides is 3. The standard InChI is InChI=1S/C28H24N2O6S/c1-37-15-14-24(27(33)36-30-25(31)21-12-6-7-13-22(21)26(30)32)29-28(34)35-16-23-19-10-4-2-8-17(19)18-9-3-5-11-20(18)23/h2-13,23-24H,14-16H2,1H3,(H,29,34)/t24-/m1/s1. The van der Waals surface area contributed by atoms with Crippen molar-refractivity contribution in [1.82, 2.24) is 10.4 Å². The van der Waals surface area contributed by atoms with Crippen molar-refractivity contribution in [2.75, 3.05) is 18.6 Å². The molecule has 188 valence electrons. The van der Waals surface area contributed by atoms with Crippen LogP contribution in [0.15, 0.2) is 72.8 Å². The molecule has 0 fully saturated rings. The fourth-order valence-electron chi connectivity index (χ4n) is 4.67. The summed E-state index contributed by atoms with van der Waals surface area (Å²) >= 11 is 1.48. The van der Waals surface area contributed by atoms with Gasteiger partial charge in [-0.3, -0.25) is 9.59 Å². The van der Waals surface area contributed by atoms with Gasteiger partial charge in [-0.2, -0.15) is 11.8 Å². The van der Waals surface area contributed by atoms with E-state index in [9.17, 15) is 19.2 Å². The van der Waals surface area contributed by atoms with Crippen molar-refractivity contribution in [3.05, 3.63) is 95.1 Å². The number of imide groups is 1. The highest BCUT2D eigenvalue weighted by Crippen LogP contribution is 2.44. The maximum atomic E-state index is 12.9. The summed E-state index contributed by atoms with van der Waals surface area (Å²) in [5.41, 5.74) is 4.67. The summed E-state index contributed by atoms with van der Waals surface area (Å²) < 4.78 is 5.55. The number of nitrogens with one attached hydrogen (secondary N) is 1. The van der Waals surface area contributed by atoms with Crippen LogP contribution in [0.2, 0.25) is 0 Å². The Morgan fingerprint density at radius 2 is 1.38 bits per heavy atom. The molecule has 0 saturated heterocycles. The van der Waals surface area contributed by atoms with E-state index in [2.05, 4.69) is 5.32 Å². The van der Waals surface area contributed by atoms with Gasteiger partial charge in [0.25, 0.3) is 11.8 Å². The van der Waals surface area contributed by atoms with Crippen LogP contribution in [0.25, 0.3) is 11.1 Å². The Kier molecular flexibility index (Phi) is 6.96. The van der Waals surface area contributed by atoms with Crippen LogP contribution in [0.1, 0.15) is 44.2 Å². The number of nitrogens with zero attached hydrogens (tertiary/aromatic N) is 1. The number of carbonyl (C=O) groups is 4. The maximum Gasteiger partial charge on any atom is 0.407 e. The predicted octanol–water partition coefficient (Wildman–Crippen LogP) is 4.40. The Labute approximate surface area is 217 Å². The summed E-state index contributed by atoms with van der Waals surface area (Å²) in [4.78, 5) is 56.0. The molecule has 1 N–H and O–H groups in total. The Hall–Kier alpha value is -4.11. The van der Waals surface area contributed by atoms with E-state index in [1.54, 1.807) is 12.1 Å². The van der Waals surface area contributed by atoms with E-state index in [0.717, 1.165) is 22.3 Å². The predicted molar refractivity (Wildman–Crippen MR) is 138 cm³/mol. The monoisotopic (exact) mass is 516 g/mol. The van der Waals surface area contributed by atoms with E-state index >= 15 is 0 Å². The van der Waals surface area contributed by atoms with Gasteiger partial charge in [0.2, 0.25) is 0 Å². The molecule has 1 atom stereocenters. The molecular formula is C28H24N2O6S. The highest BCUT2D eigenvalue weighted by Gasteiger charge is 2.40. The summed E-state index contributed by atoms with van der Waals surface area (Å²) in [7, 11) is 0. The molecule has 9 heteroatoms. The number of hydroxylamine groups is 2. The minimum atomic E-state index is -1.10. The van der Waals surface area contributed by atoms with Gasteiger partial charge in [-0.1, -0.05) is 65.7 Å². The quantitative estimate of drug-likeness (QED) is 0.443. The first-order valence-corrected chi connectivity index (χ1v) is 13.2. The lowest BCUT2D eigenvalue weighted by Gasteiger charge is -2.20. The number of carbonyl (C=O) groups excluding carboxylic acids is 4. The first-order chi connectivity index (χ1) is 18.0. The molecule has 1 aliphatic heterocycles. The van der Waals surface area contributed by atoms with Gasteiger partial charge in [-0.15, -0.1) is 0 Å². The van der Waals surface area contributed by atoms with E-state index in [4.69, 9.17) is 9.57 Å². The second-order valence-electron chi connectivity index (χ2n) is 8.66. The zero-order valence-electron chi connectivity index (χ0n) is 20.0. The van der Waals surface area contributed by atoms with Gasteiger partial charge in [-0.25, -0.2) is 9.59 Å². The molecule has 37 heavy (non-hydrogen) atoms. The lowest BCUT2D eigenvalue weighted by atomic mass is 9.98. The van der Waals surface area contributed by atoms with Crippen molar-refractivity contribution in [1.29, 1.82) is 0 Å². The first-order valence-electron chi connectivity index (χ1n) is 11.8. The lowest BCUT2D eigenvalue weighted by Crippen LogP contribution is -2.46. The highest BCUT2D eigenvalue weighted by atomic mass is 32.2. The molecule has 1 aliphatic carbocycles. The first kappa shape index (κ1) is 24.6. The van der Waals surface area contributed by atoms with Crippen molar-refractivity contribution in [3.63, 3.8) is 0 Å². The van der Waals surface area contributed by atoms with Crippen LogP contribution >= 0.6 is 11.8 Å². The van der Waals surface area contributed by atoms with E-state index in [1.807, 2.05) is 54.8 Å². The third-order valence-electron chi connectivity index (χ3n) is 6.47. The van der Waals surface area contributed by atoms with Crippen LogP contribution < -0.4 is 5.32 Å². The average molecular weight is 517 g/mol. The van der Waals surface area contributed by atoms with Gasteiger partial charge < -0.3 is 14.9 Å². The van der Waals surface area contributed by atoms with Gasteiger partial charge in [0.15, 0.2) is 0 Å². The second kappa shape index (κ2) is 10.5. The normalized spacial score (nSPS) is 14.6. The number of rotatable bonds is 8. The molecule has 8 nitrogen and oxygen atoms in total. The van der Waals surface area contributed by atoms with Crippen molar-refractivity contribution >= 4 is 35.6 Å². The van der Waals surface area contributed by atoms with Gasteiger partial charge in [0.1, 0.15) is 12.6 Å². The Balaban J connectivity index is 1.25. The number of fused-ring (bicyclic) bond motifs is 4. The number of alkyl carbamates (subject to hydrolysis) is 1. The Morgan fingerprint density at radius 1 is 0.865 bits per heavy atom. The molecule has 1 heterocycles. The molecule has 3 aromatic rings. The van der Waals surface area contributed by atoms with Crippen molar-refractivity contribution in [3.8, 4) is 11.1 Å². The topological polar surface area (TPSA) is 102 Å². The second-order valence-corrected chi connectivity index (χ2v) is 9.65. The smallest absolute Gasteiger partial charge is 0.407 e. The summed E-state index contributed by atoms with van der Waals surface area (Å²) in [6.07, 6.45) is 1.31. The number of hydrogen-bond donors (Lipinski definition) is 1. The molecule has 3 aromatic carbocycles. The molecule has 0 unspecified atom stereocenters. The summed E-state index contributed by atoms with van der Waals surface area (Å²) in [6, 6.07) is 21.1. The van der Waals surface area contributed by atoms with Gasteiger partial charge in [0.05, 0.1) is 11.1 Å². The molecule has 0 saturated carbocycles. The van der Waals surface area contributed by atoms with E-state index in [-0.39, 0.29) is 30.1 Å². The number of thioether (sulfide) groups is 1. The summed E-state index contributed by atoms with van der Waals surface area (Å²) in [5, 5.41) is 2.99. The average Bonchev–Trinajstić information content (AvgIpc) is 3.37. The number of hydrogen-bond acceptors (Lipinski definition) is 7. The number of benzene rings is 3. The molecule has 3 amide bonds. The van der Waals surface area contributed by atoms with Crippen LogP contribution in [-0.2, 0) is 14.4 Å². The molecule has 0 spiro atoms. The van der Waals surface area contributed by atoms with Crippen molar-refractivity contribution in [2.45, 2.75) is 18.4 Å². The minimum absolute atomic E-state index is 0.0859. The van der Waals surface area contributed by atoms with Crippen LogP contribution in [0.4, 0.5) is 4.79 Å². The highest BCUT2D eigenvalue weighted by molar-refractivity contribution is 7.98. The third-order valence-corrected chi connectivity index (χ3v) is 7.11. The van der Waals surface area contributed by atoms with E-state index in [0.29, 0.717) is 10.8 Å². The van der Waals surface area contributed by atoms with Gasteiger partial charge >= 0.3 is 12.1 Å². The zero-order valence-corrected chi connectivity index (χ0v) is 20.8. The van der Waals surface area contributed by atoms with Crippen molar-refractivity contribution < 1.29 is 28.8 Å². The van der Waals surface area contributed by atoms with Crippen LogP contribution in [0.5, 0.6) is 0 Å². The van der Waals surface area contributed by atoms with Crippen molar-refractivity contribution in [2.24, 2.45) is 0 Å². The van der Waals surface area contributed by atoms with E-state index < -0.39 is 29.9 Å². The maximum absolute atomic E-state index is 12.9. The SMILES string of the molecule is CSCC[C@@H](NC(=O)OCC1c2ccccc2-c2ccccc21)C(=O)ON1C(=O)c2ccccc2C1=O. The van der Waals surface area contributed by atoms with Gasteiger partial charge in [-0.05, 0) is 52.8 Å². The Bertz CT molecular complexity index is 1310. The van der Waals surface area contributed by atoms with E-state index in [1.165, 1.54) is 23.9 Å². The lowest BCUT2D eigenvalue weighted by molar-refractivity contribution is -0.171. The summed E-state index contributed by atoms with van der Waals surface area (Å²) in [5.74, 6) is -1.96. The third kappa shape index (κ3) is 4.70. The van der Waals surface area contributed by atoms with Crippen LogP contribution in [0, 0.1) is 0 Å². The molecule has 0 radical (unpaired) electrons.